The van der Waals surface area contributed by atoms with Crippen molar-refractivity contribution in [3.8, 4) is 11.5 Å². The van der Waals surface area contributed by atoms with Crippen molar-refractivity contribution in [2.75, 3.05) is 0 Å². The molecule has 1 heterocycles. The molecule has 7 nitrogen and oxygen atoms in total. The van der Waals surface area contributed by atoms with Gasteiger partial charge in [0.2, 0.25) is 5.75 Å². The van der Waals surface area contributed by atoms with Crippen LogP contribution < -0.4 is 4.74 Å². The van der Waals surface area contributed by atoms with Gasteiger partial charge in [0, 0.05) is 18.3 Å². The molecule has 0 aliphatic rings. The highest BCUT2D eigenvalue weighted by molar-refractivity contribution is 6.32. The zero-order chi connectivity index (χ0) is 21.0. The summed E-state index contributed by atoms with van der Waals surface area (Å²) in [5.74, 6) is 0.138. The van der Waals surface area contributed by atoms with Gasteiger partial charge in [0.05, 0.1) is 21.7 Å². The third-order valence-electron chi connectivity index (χ3n) is 4.08. The minimum atomic E-state index is -0.544. The average molecular weight is 412 g/mol. The van der Waals surface area contributed by atoms with Gasteiger partial charge < -0.3 is 4.74 Å². The maximum atomic E-state index is 12.3. The van der Waals surface area contributed by atoms with Gasteiger partial charge in [0.15, 0.2) is 5.78 Å². The van der Waals surface area contributed by atoms with Gasteiger partial charge in [-0.05, 0) is 43.7 Å². The summed E-state index contributed by atoms with van der Waals surface area (Å²) >= 11 is 6.05. The molecule has 0 bridgehead atoms. The summed E-state index contributed by atoms with van der Waals surface area (Å²) in [4.78, 5) is 23.2. The number of para-hydroxylation sites is 1. The zero-order valence-electron chi connectivity index (χ0n) is 15.8. The normalized spacial score (nSPS) is 11.2. The number of nitrogens with zero attached hydrogens (tertiary/aromatic N) is 3. The van der Waals surface area contributed by atoms with Gasteiger partial charge in [-0.15, -0.1) is 0 Å². The fourth-order valence-electron chi connectivity index (χ4n) is 2.53. The minimum Gasteiger partial charge on any atom is -0.449 e. The van der Waals surface area contributed by atoms with E-state index < -0.39 is 4.92 Å². The Kier molecular flexibility index (Phi) is 6.09. The number of aromatic nitrogens is 2. The van der Waals surface area contributed by atoms with E-state index in [-0.39, 0.29) is 23.3 Å². The van der Waals surface area contributed by atoms with E-state index >= 15 is 0 Å². The predicted molar refractivity (Wildman–Crippen MR) is 111 cm³/mol. The van der Waals surface area contributed by atoms with E-state index in [1.165, 1.54) is 30.5 Å². The largest absolute Gasteiger partial charge is 0.449 e. The molecule has 0 fully saturated rings. The summed E-state index contributed by atoms with van der Waals surface area (Å²) in [5.41, 5.74) is 0.711. The zero-order valence-corrected chi connectivity index (χ0v) is 16.5. The minimum absolute atomic E-state index is 0.0600. The monoisotopic (exact) mass is 411 g/mol. The number of halogens is 1. The molecule has 0 aliphatic carbocycles. The van der Waals surface area contributed by atoms with E-state index in [0.717, 1.165) is 0 Å². The van der Waals surface area contributed by atoms with Gasteiger partial charge in [-0.3, -0.25) is 19.6 Å². The number of hydrogen-bond donors (Lipinski definition) is 0. The van der Waals surface area contributed by atoms with Crippen LogP contribution in [0.3, 0.4) is 0 Å². The number of carbonyl (C=O) groups excluding carboxylic acids is 1. The third-order valence-corrected chi connectivity index (χ3v) is 4.39. The second kappa shape index (κ2) is 8.70. The summed E-state index contributed by atoms with van der Waals surface area (Å²) in [6.07, 6.45) is 6.03. The standard InChI is InChI=1S/C21H18ClN3O4/c1-14(2)24-13-16(12-23-24)19(26)9-7-15-8-10-21(18(11-15)25(27)28)29-20-6-4-3-5-17(20)22/h3-14H,1-2H3. The first-order valence-electron chi connectivity index (χ1n) is 8.82. The molecule has 0 saturated heterocycles. The summed E-state index contributed by atoms with van der Waals surface area (Å²) in [5, 5.41) is 15.9. The number of nitro benzene ring substituents is 1. The van der Waals surface area contributed by atoms with Crippen LogP contribution in [0.5, 0.6) is 11.5 Å². The summed E-state index contributed by atoms with van der Waals surface area (Å²) in [7, 11) is 0. The Hall–Kier alpha value is -3.45. The first-order chi connectivity index (χ1) is 13.8. The lowest BCUT2D eigenvalue weighted by atomic mass is 10.1. The Labute approximate surface area is 172 Å². The molecule has 0 amide bonds. The molecule has 0 N–H and O–H groups in total. The SMILES string of the molecule is CC(C)n1cc(C(=O)C=Cc2ccc(Oc3ccccc3Cl)c([N+](=O)[O-])c2)cn1. The molecule has 1 aromatic heterocycles. The predicted octanol–water partition coefficient (Wildman–Crippen LogP) is 5.71. The van der Waals surface area contributed by atoms with Crippen molar-refractivity contribution >= 4 is 29.1 Å². The highest BCUT2D eigenvalue weighted by Gasteiger charge is 2.17. The van der Waals surface area contributed by atoms with E-state index in [1.54, 1.807) is 41.2 Å². The number of benzene rings is 2. The van der Waals surface area contributed by atoms with Crippen LogP contribution in [-0.4, -0.2) is 20.5 Å². The van der Waals surface area contributed by atoms with Crippen LogP contribution >= 0.6 is 11.6 Å². The summed E-state index contributed by atoms with van der Waals surface area (Å²) in [6, 6.07) is 11.3. The van der Waals surface area contributed by atoms with Crippen LogP contribution in [0.2, 0.25) is 5.02 Å². The van der Waals surface area contributed by atoms with Gasteiger partial charge >= 0.3 is 5.69 Å². The molecule has 29 heavy (non-hydrogen) atoms. The van der Waals surface area contributed by atoms with Crippen LogP contribution in [0.25, 0.3) is 6.08 Å². The quantitative estimate of drug-likeness (QED) is 0.215. The molecule has 0 atom stereocenters. The lowest BCUT2D eigenvalue weighted by molar-refractivity contribution is -0.385. The Bertz CT molecular complexity index is 1090. The van der Waals surface area contributed by atoms with Crippen molar-refractivity contribution in [3.05, 3.63) is 87.2 Å². The van der Waals surface area contributed by atoms with E-state index in [1.807, 2.05) is 13.8 Å². The van der Waals surface area contributed by atoms with Crippen LogP contribution in [0.1, 0.15) is 35.8 Å². The second-order valence-corrected chi connectivity index (χ2v) is 6.92. The Morgan fingerprint density at radius 1 is 1.24 bits per heavy atom. The van der Waals surface area contributed by atoms with Gasteiger partial charge in [-0.2, -0.15) is 5.10 Å². The Morgan fingerprint density at radius 3 is 2.66 bits per heavy atom. The fourth-order valence-corrected chi connectivity index (χ4v) is 2.70. The number of ketones is 1. The number of rotatable bonds is 7. The fraction of sp³-hybridized carbons (Fsp3) is 0.143. The molecule has 0 aliphatic heterocycles. The molecule has 0 saturated carbocycles. The topological polar surface area (TPSA) is 87.3 Å². The Morgan fingerprint density at radius 2 is 2.00 bits per heavy atom. The van der Waals surface area contributed by atoms with Gasteiger partial charge in [-0.1, -0.05) is 35.9 Å². The summed E-state index contributed by atoms with van der Waals surface area (Å²) < 4.78 is 7.29. The van der Waals surface area contributed by atoms with E-state index in [0.29, 0.717) is 21.9 Å². The van der Waals surface area contributed by atoms with Crippen molar-refractivity contribution in [1.29, 1.82) is 0 Å². The maximum absolute atomic E-state index is 12.3. The Balaban J connectivity index is 1.82. The maximum Gasteiger partial charge on any atom is 0.312 e. The highest BCUT2D eigenvalue weighted by atomic mass is 35.5. The molecule has 0 radical (unpaired) electrons. The number of ether oxygens (including phenoxy) is 1. The molecule has 3 rings (SSSR count). The first kappa shape index (κ1) is 20.3. The van der Waals surface area contributed by atoms with E-state index in [9.17, 15) is 14.9 Å². The highest BCUT2D eigenvalue weighted by Crippen LogP contribution is 2.35. The molecular weight excluding hydrogens is 394 g/mol. The molecule has 8 heteroatoms. The van der Waals surface area contributed by atoms with Crippen molar-refractivity contribution < 1.29 is 14.5 Å². The van der Waals surface area contributed by atoms with Crippen molar-refractivity contribution in [3.63, 3.8) is 0 Å². The number of carbonyl (C=O) groups is 1. The molecule has 0 spiro atoms. The van der Waals surface area contributed by atoms with E-state index in [2.05, 4.69) is 5.10 Å². The smallest absolute Gasteiger partial charge is 0.312 e. The van der Waals surface area contributed by atoms with Gasteiger partial charge in [-0.25, -0.2) is 0 Å². The second-order valence-electron chi connectivity index (χ2n) is 6.52. The lowest BCUT2D eigenvalue weighted by Gasteiger charge is -2.08. The number of hydrogen-bond acceptors (Lipinski definition) is 5. The van der Waals surface area contributed by atoms with Gasteiger partial charge in [0.25, 0.3) is 0 Å². The number of nitro groups is 1. The van der Waals surface area contributed by atoms with Crippen molar-refractivity contribution in [1.82, 2.24) is 9.78 Å². The average Bonchev–Trinajstić information content (AvgIpc) is 3.19. The van der Waals surface area contributed by atoms with Crippen molar-refractivity contribution in [2.24, 2.45) is 0 Å². The van der Waals surface area contributed by atoms with Crippen LogP contribution in [0.4, 0.5) is 5.69 Å². The molecular formula is C21H18ClN3O4. The molecule has 0 unspecified atom stereocenters. The number of allylic oxidation sites excluding steroid dienone is 1. The molecule has 148 valence electrons. The first-order valence-corrected chi connectivity index (χ1v) is 9.20. The van der Waals surface area contributed by atoms with Crippen molar-refractivity contribution in [2.45, 2.75) is 19.9 Å². The molecule has 3 aromatic rings. The summed E-state index contributed by atoms with van der Waals surface area (Å²) in [6.45, 7) is 3.92. The van der Waals surface area contributed by atoms with E-state index in [4.69, 9.17) is 16.3 Å². The van der Waals surface area contributed by atoms with Crippen LogP contribution in [0.15, 0.2) is 60.9 Å². The van der Waals surface area contributed by atoms with Crippen LogP contribution in [0, 0.1) is 10.1 Å². The third kappa shape index (κ3) is 4.89. The van der Waals surface area contributed by atoms with Gasteiger partial charge in [0.1, 0.15) is 5.75 Å². The molecule has 2 aromatic carbocycles. The lowest BCUT2D eigenvalue weighted by Crippen LogP contribution is -2.00. The van der Waals surface area contributed by atoms with Crippen LogP contribution in [-0.2, 0) is 0 Å².